The molecule has 2 atom stereocenters. The highest BCUT2D eigenvalue weighted by molar-refractivity contribution is 5.96. The second-order valence-electron chi connectivity index (χ2n) is 5.47. The molecule has 0 amide bonds. The van der Waals surface area contributed by atoms with Crippen molar-refractivity contribution in [3.63, 3.8) is 0 Å². The number of aromatic nitrogens is 1. The zero-order valence-corrected chi connectivity index (χ0v) is 12.4. The number of cyclic esters (lactones) is 1. The predicted molar refractivity (Wildman–Crippen MR) is 74.4 cm³/mol. The van der Waals surface area contributed by atoms with E-state index < -0.39 is 24.0 Å². The van der Waals surface area contributed by atoms with Gasteiger partial charge in [0, 0.05) is 6.54 Å². The monoisotopic (exact) mass is 307 g/mol. The second kappa shape index (κ2) is 5.24. The molecule has 0 aromatic carbocycles. The highest BCUT2D eigenvalue weighted by Gasteiger charge is 2.40. The van der Waals surface area contributed by atoms with E-state index in [2.05, 4.69) is 0 Å². The average Bonchev–Trinajstić information content (AvgIpc) is 2.89. The summed E-state index contributed by atoms with van der Waals surface area (Å²) in [5.74, 6) is -1.80. The minimum Gasteiger partial charge on any atom is -0.465 e. The number of aliphatic hydroxyl groups excluding tert-OH is 1. The van der Waals surface area contributed by atoms with Crippen molar-refractivity contribution in [2.45, 2.75) is 44.9 Å². The predicted octanol–water partition coefficient (Wildman–Crippen LogP) is 0.622. The van der Waals surface area contributed by atoms with Crippen LogP contribution in [0.4, 0.5) is 0 Å². The van der Waals surface area contributed by atoms with Gasteiger partial charge in [-0.05, 0) is 18.4 Å². The molecule has 7 nitrogen and oxygen atoms in total. The van der Waals surface area contributed by atoms with Crippen molar-refractivity contribution in [3.05, 3.63) is 32.7 Å². The Balaban J connectivity index is 2.40. The lowest BCUT2D eigenvalue weighted by molar-refractivity contribution is -0.148. The van der Waals surface area contributed by atoms with Crippen LogP contribution in [0.2, 0.25) is 0 Å². The van der Waals surface area contributed by atoms with E-state index in [0.29, 0.717) is 30.5 Å². The van der Waals surface area contributed by atoms with Crippen LogP contribution >= 0.6 is 0 Å². The van der Waals surface area contributed by atoms with Crippen LogP contribution in [0.15, 0.2) is 4.79 Å². The summed E-state index contributed by atoms with van der Waals surface area (Å²) in [6.45, 7) is 1.96. The Bertz CT molecular complexity index is 720. The molecule has 3 heterocycles. The van der Waals surface area contributed by atoms with Crippen LogP contribution in [0.5, 0.6) is 0 Å². The Morgan fingerprint density at radius 1 is 1.45 bits per heavy atom. The van der Waals surface area contributed by atoms with Crippen molar-refractivity contribution in [2.24, 2.45) is 0 Å². The van der Waals surface area contributed by atoms with Crippen LogP contribution in [-0.2, 0) is 27.4 Å². The summed E-state index contributed by atoms with van der Waals surface area (Å²) in [5, 5.41) is 10.2. The van der Waals surface area contributed by atoms with Gasteiger partial charge in [-0.2, -0.15) is 0 Å². The number of fused-ring (bicyclic) bond motifs is 2. The molecule has 0 spiro atoms. The molecule has 1 aromatic rings. The Hall–Kier alpha value is -2.15. The van der Waals surface area contributed by atoms with Crippen molar-refractivity contribution < 1.29 is 24.2 Å². The number of hydrogen-bond acceptors (Lipinski definition) is 6. The zero-order chi connectivity index (χ0) is 16.0. The van der Waals surface area contributed by atoms with E-state index in [4.69, 9.17) is 9.47 Å². The number of aliphatic hydroxyl groups is 1. The number of esters is 2. The molecule has 1 N–H and O–H groups in total. The molecule has 1 aromatic heterocycles. The van der Waals surface area contributed by atoms with E-state index in [9.17, 15) is 19.5 Å². The third kappa shape index (κ3) is 1.89. The quantitative estimate of drug-likeness (QED) is 0.805. The van der Waals surface area contributed by atoms with Gasteiger partial charge < -0.3 is 19.1 Å². The lowest BCUT2D eigenvalue weighted by Gasteiger charge is -2.27. The molecule has 0 saturated heterocycles. The second-order valence-corrected chi connectivity index (χ2v) is 5.47. The minimum atomic E-state index is -0.914. The van der Waals surface area contributed by atoms with Crippen LogP contribution < -0.4 is 5.56 Å². The number of rotatable bonds is 2. The summed E-state index contributed by atoms with van der Waals surface area (Å²) in [6.07, 6.45) is -0.162. The molecule has 2 aliphatic heterocycles. The van der Waals surface area contributed by atoms with Gasteiger partial charge in [0.1, 0.15) is 6.61 Å². The van der Waals surface area contributed by atoms with Gasteiger partial charge in [-0.1, -0.05) is 6.92 Å². The molecule has 2 aliphatic rings. The van der Waals surface area contributed by atoms with Gasteiger partial charge in [-0.25, -0.2) is 4.79 Å². The molecule has 7 heteroatoms. The van der Waals surface area contributed by atoms with Gasteiger partial charge in [-0.15, -0.1) is 0 Å². The van der Waals surface area contributed by atoms with Crippen molar-refractivity contribution >= 4 is 11.9 Å². The molecule has 0 radical (unpaired) electrons. The lowest BCUT2D eigenvalue weighted by Crippen LogP contribution is -2.36. The van der Waals surface area contributed by atoms with Gasteiger partial charge in [0.25, 0.3) is 5.56 Å². The number of carbonyl (C=O) groups is 2. The van der Waals surface area contributed by atoms with E-state index >= 15 is 0 Å². The molecule has 22 heavy (non-hydrogen) atoms. The molecule has 0 fully saturated rings. The van der Waals surface area contributed by atoms with Gasteiger partial charge in [0.15, 0.2) is 0 Å². The fourth-order valence-electron chi connectivity index (χ4n) is 3.34. The number of methoxy groups -OCH3 is 1. The Labute approximate surface area is 126 Å². The number of hydrogen-bond donors (Lipinski definition) is 1. The lowest BCUT2D eigenvalue weighted by atomic mass is 9.85. The number of pyridine rings is 1. The fourth-order valence-corrected chi connectivity index (χ4v) is 3.34. The smallest absolute Gasteiger partial charge is 0.340 e. The maximum absolute atomic E-state index is 12.6. The Morgan fingerprint density at radius 2 is 2.18 bits per heavy atom. The van der Waals surface area contributed by atoms with Crippen LogP contribution in [0.25, 0.3) is 0 Å². The molecular weight excluding hydrogens is 290 g/mol. The van der Waals surface area contributed by atoms with Crippen molar-refractivity contribution in [1.29, 1.82) is 0 Å². The molecular formula is C15H17NO6. The minimum absolute atomic E-state index is 0.144. The third-order valence-electron chi connectivity index (χ3n) is 4.38. The molecule has 0 saturated carbocycles. The van der Waals surface area contributed by atoms with Crippen LogP contribution in [0.3, 0.4) is 0 Å². The first-order valence-corrected chi connectivity index (χ1v) is 7.23. The van der Waals surface area contributed by atoms with Gasteiger partial charge in [-0.3, -0.25) is 9.59 Å². The van der Waals surface area contributed by atoms with E-state index in [1.807, 2.05) is 0 Å². The molecule has 3 rings (SSSR count). The van der Waals surface area contributed by atoms with Crippen molar-refractivity contribution in [3.8, 4) is 0 Å². The summed E-state index contributed by atoms with van der Waals surface area (Å²) in [4.78, 5) is 36.9. The molecule has 0 bridgehead atoms. The topological polar surface area (TPSA) is 94.8 Å². The first-order valence-electron chi connectivity index (χ1n) is 7.23. The molecule has 0 aliphatic carbocycles. The average molecular weight is 307 g/mol. The van der Waals surface area contributed by atoms with Gasteiger partial charge in [0.05, 0.1) is 36.0 Å². The number of carbonyl (C=O) groups excluding carboxylic acids is 2. The van der Waals surface area contributed by atoms with Crippen molar-refractivity contribution in [2.75, 3.05) is 7.11 Å². The largest absolute Gasteiger partial charge is 0.465 e. The summed E-state index contributed by atoms with van der Waals surface area (Å²) >= 11 is 0. The Morgan fingerprint density at radius 3 is 2.82 bits per heavy atom. The highest BCUT2D eigenvalue weighted by atomic mass is 16.5. The van der Waals surface area contributed by atoms with Gasteiger partial charge in [0.2, 0.25) is 0 Å². The van der Waals surface area contributed by atoms with E-state index in [-0.39, 0.29) is 23.4 Å². The number of nitrogens with zero attached hydrogens (tertiary/aromatic N) is 1. The SMILES string of the molecule is CCC1C(=O)OCc2c1c(C(=O)OC)c1n(c2=O)CCC1O. The molecule has 2 unspecified atom stereocenters. The van der Waals surface area contributed by atoms with Crippen LogP contribution in [0.1, 0.15) is 59.0 Å². The van der Waals surface area contributed by atoms with E-state index in [1.54, 1.807) is 6.92 Å². The van der Waals surface area contributed by atoms with Gasteiger partial charge >= 0.3 is 11.9 Å². The maximum atomic E-state index is 12.6. The van der Waals surface area contributed by atoms with Crippen LogP contribution in [0, 0.1) is 0 Å². The third-order valence-corrected chi connectivity index (χ3v) is 4.38. The summed E-state index contributed by atoms with van der Waals surface area (Å²) in [7, 11) is 1.24. The Kier molecular flexibility index (Phi) is 3.52. The summed E-state index contributed by atoms with van der Waals surface area (Å²) in [6, 6.07) is 0. The first-order chi connectivity index (χ1) is 10.5. The standard InChI is InChI=1S/C15H17NO6/c1-3-7-10-8(6-22-14(7)19)13(18)16-5-4-9(17)12(16)11(10)15(20)21-2/h7,9,17H,3-6H2,1-2H3. The highest BCUT2D eigenvalue weighted by Crippen LogP contribution is 2.37. The van der Waals surface area contributed by atoms with E-state index in [0.717, 1.165) is 0 Å². The zero-order valence-electron chi connectivity index (χ0n) is 12.4. The first kappa shape index (κ1) is 14.8. The normalized spacial score (nSPS) is 22.8. The van der Waals surface area contributed by atoms with E-state index in [1.165, 1.54) is 11.7 Å². The number of ether oxygens (including phenoxy) is 2. The fraction of sp³-hybridized carbons (Fsp3) is 0.533. The van der Waals surface area contributed by atoms with Crippen molar-refractivity contribution in [1.82, 2.24) is 4.57 Å². The maximum Gasteiger partial charge on any atom is 0.340 e. The summed E-state index contributed by atoms with van der Waals surface area (Å²) in [5.41, 5.74) is 0.766. The summed E-state index contributed by atoms with van der Waals surface area (Å²) < 4.78 is 11.3. The molecule has 118 valence electrons. The van der Waals surface area contributed by atoms with Crippen LogP contribution in [-0.4, -0.2) is 28.7 Å².